The summed E-state index contributed by atoms with van der Waals surface area (Å²) in [6, 6.07) is 0. The van der Waals surface area contributed by atoms with E-state index in [-0.39, 0.29) is 47.9 Å². The molecule has 0 aromatic carbocycles. The van der Waals surface area contributed by atoms with E-state index < -0.39 is 31.4 Å². The van der Waals surface area contributed by atoms with E-state index in [1.54, 1.807) is 0 Å². The van der Waals surface area contributed by atoms with Crippen LogP contribution >= 0.6 is 24.8 Å². The summed E-state index contributed by atoms with van der Waals surface area (Å²) in [5.41, 5.74) is 0. The van der Waals surface area contributed by atoms with Gasteiger partial charge in [-0.3, -0.25) is 0 Å². The van der Waals surface area contributed by atoms with Crippen molar-refractivity contribution in [1.82, 2.24) is 0 Å². The van der Waals surface area contributed by atoms with E-state index in [1.165, 1.54) is 0 Å². The number of rotatable bonds is 0. The molecule has 0 aliphatic heterocycles. The Morgan fingerprint density at radius 3 is 0.889 bits per heavy atom. The molecule has 4 nitrogen and oxygen atoms in total. The third-order valence-electron chi connectivity index (χ3n) is 0. The van der Waals surface area contributed by atoms with Crippen molar-refractivity contribution in [3.8, 4) is 0 Å². The fourth-order valence-electron chi connectivity index (χ4n) is 0. The van der Waals surface area contributed by atoms with E-state index in [2.05, 4.69) is 0 Å². The Labute approximate surface area is 94.2 Å². The Morgan fingerprint density at radius 2 is 0.889 bits per heavy atom. The van der Waals surface area contributed by atoms with Gasteiger partial charge >= 0.3 is 70.3 Å². The molecule has 0 atom stereocenters. The summed E-state index contributed by atoms with van der Waals surface area (Å²) < 4.78 is 34.0. The van der Waals surface area contributed by atoms with E-state index in [0.29, 0.717) is 0 Å². The van der Waals surface area contributed by atoms with Crippen LogP contribution in [0.1, 0.15) is 0 Å². The van der Waals surface area contributed by atoms with Crippen molar-refractivity contribution in [2.75, 3.05) is 0 Å². The van der Waals surface area contributed by atoms with E-state index in [4.69, 9.17) is 15.8 Å². The van der Waals surface area contributed by atoms with Gasteiger partial charge in [0.1, 0.15) is 0 Å². The Morgan fingerprint density at radius 1 is 0.889 bits per heavy atom. The summed E-state index contributed by atoms with van der Waals surface area (Å²) in [6.07, 6.45) is 0. The van der Waals surface area contributed by atoms with E-state index in [1.807, 2.05) is 0 Å². The topological polar surface area (TPSA) is 80.3 Å². The molecule has 0 fully saturated rings. The second-order valence-corrected chi connectivity index (χ2v) is 0.866. The van der Waals surface area contributed by atoms with Crippen molar-refractivity contribution in [3.05, 3.63) is 0 Å². The molecular weight excluding hydrogens is 304 g/mol. The van der Waals surface area contributed by atoms with Crippen LogP contribution in [0.4, 0.5) is 0 Å². The van der Waals surface area contributed by atoms with Crippen molar-refractivity contribution >= 4 is 79.3 Å². The standard InChI is InChI=1S/2ClH.2GeO2.Mg/c;;2*2-1-3;/h2*1H;;;/q;;2*-1;+2. The monoisotopic (exact) mass is 308 g/mol. The van der Waals surface area contributed by atoms with Gasteiger partial charge in [0.2, 0.25) is 0 Å². The first kappa shape index (κ1) is 31.1. The molecule has 0 N–H and O–H groups in total. The van der Waals surface area contributed by atoms with Gasteiger partial charge in [0.05, 0.1) is 0 Å². The van der Waals surface area contributed by atoms with Gasteiger partial charge in [-0.1, -0.05) is 0 Å². The van der Waals surface area contributed by atoms with Gasteiger partial charge in [-0.05, 0) is 0 Å². The SMILES string of the molecule is Cl.Cl.[Mg+2].[O]=[Ge][O-].[O]=[Ge][O-]. The van der Waals surface area contributed by atoms with Crippen molar-refractivity contribution < 1.29 is 15.8 Å². The molecule has 0 rings (SSSR count). The fourth-order valence-corrected chi connectivity index (χ4v) is 0. The summed E-state index contributed by atoms with van der Waals surface area (Å²) >= 11 is -4.00. The summed E-state index contributed by atoms with van der Waals surface area (Å²) in [4.78, 5) is 0. The minimum atomic E-state index is -2.00. The van der Waals surface area contributed by atoms with Crippen LogP contribution in [-0.4, -0.2) is 54.5 Å². The number of hydrogen-bond donors (Lipinski definition) is 0. The molecule has 0 aliphatic rings. The normalized spacial score (nSPS) is 2.67. The first-order chi connectivity index (χ1) is 2.83. The Hall–Kier alpha value is 1.63. The zero-order valence-corrected chi connectivity index (χ0v) is 11.4. The third-order valence-corrected chi connectivity index (χ3v) is 0. The van der Waals surface area contributed by atoms with Crippen LogP contribution in [0.15, 0.2) is 0 Å². The molecule has 9 heteroatoms. The summed E-state index contributed by atoms with van der Waals surface area (Å²) in [6.45, 7) is 0. The van der Waals surface area contributed by atoms with Crippen molar-refractivity contribution in [3.63, 3.8) is 0 Å². The summed E-state index contributed by atoms with van der Waals surface area (Å²) in [5, 5.41) is 0. The van der Waals surface area contributed by atoms with Crippen LogP contribution in [0.25, 0.3) is 0 Å². The van der Waals surface area contributed by atoms with Gasteiger partial charge < -0.3 is 0 Å². The van der Waals surface area contributed by atoms with Crippen LogP contribution in [-0.2, 0) is 7.56 Å². The maximum absolute atomic E-state index is 8.50. The number of halogens is 2. The second kappa shape index (κ2) is 54.4. The van der Waals surface area contributed by atoms with E-state index in [9.17, 15) is 0 Å². The zero-order valence-electron chi connectivity index (χ0n) is 4.16. The van der Waals surface area contributed by atoms with Crippen molar-refractivity contribution in [2.45, 2.75) is 0 Å². The van der Waals surface area contributed by atoms with Crippen molar-refractivity contribution in [1.29, 1.82) is 0 Å². The predicted molar refractivity (Wildman–Crippen MR) is 33.1 cm³/mol. The zero-order chi connectivity index (χ0) is 5.41. The molecule has 0 saturated carbocycles. The first-order valence-corrected chi connectivity index (χ1v) is 4.24. The third kappa shape index (κ3) is 211. The molecular formula is H2Cl2Ge2MgO4. The molecule has 0 spiro atoms. The molecule has 9 heavy (non-hydrogen) atoms. The fraction of sp³-hybridized carbons (Fsp3) is 0. The molecule has 0 heterocycles. The molecule has 0 aliphatic carbocycles. The second-order valence-electron chi connectivity index (χ2n) is 0.167. The Kier molecular flexibility index (Phi) is 188. The van der Waals surface area contributed by atoms with Gasteiger partial charge in [0, 0.05) is 0 Å². The average Bonchev–Trinajstić information content (AvgIpc) is 1.39. The Balaban J connectivity index is -0.00000000889. The van der Waals surface area contributed by atoms with Crippen LogP contribution in [0.3, 0.4) is 0 Å². The van der Waals surface area contributed by atoms with E-state index in [0.717, 1.165) is 0 Å². The molecule has 50 valence electrons. The molecule has 0 unspecified atom stereocenters. The van der Waals surface area contributed by atoms with Gasteiger partial charge in [-0.2, -0.15) is 0 Å². The van der Waals surface area contributed by atoms with Crippen LogP contribution in [0, 0.1) is 0 Å². The Bertz CT molecular complexity index is 37.5. The summed E-state index contributed by atoms with van der Waals surface area (Å²) in [5.74, 6) is 0. The maximum atomic E-state index is 8.50. The quantitative estimate of drug-likeness (QED) is 0.449. The average molecular weight is 306 g/mol. The van der Waals surface area contributed by atoms with Gasteiger partial charge in [-0.15, -0.1) is 24.8 Å². The van der Waals surface area contributed by atoms with Gasteiger partial charge in [0.15, 0.2) is 0 Å². The number of hydrogen-bond acceptors (Lipinski definition) is 4. The predicted octanol–water partition coefficient (Wildman–Crippen LogP) is -2.91. The van der Waals surface area contributed by atoms with Gasteiger partial charge in [0.25, 0.3) is 0 Å². The summed E-state index contributed by atoms with van der Waals surface area (Å²) in [7, 11) is 0. The first-order valence-electron chi connectivity index (χ1n) is 0.816. The minimum absolute atomic E-state index is 0. The van der Waals surface area contributed by atoms with Crippen LogP contribution in [0.5, 0.6) is 0 Å². The van der Waals surface area contributed by atoms with Crippen molar-refractivity contribution in [2.24, 2.45) is 0 Å². The van der Waals surface area contributed by atoms with Crippen LogP contribution in [0.2, 0.25) is 0 Å². The molecule has 0 amide bonds. The molecule has 0 aromatic rings. The molecule has 0 aromatic heterocycles. The molecule has 2 radical (unpaired) electrons. The van der Waals surface area contributed by atoms with Crippen LogP contribution < -0.4 is 8.27 Å². The van der Waals surface area contributed by atoms with Gasteiger partial charge in [-0.25, -0.2) is 0 Å². The van der Waals surface area contributed by atoms with E-state index >= 15 is 0 Å². The molecule has 0 saturated heterocycles. The molecule has 0 bridgehead atoms.